The third-order valence-electron chi connectivity index (χ3n) is 6.53. The highest BCUT2D eigenvalue weighted by atomic mass is 32.2. The Balaban J connectivity index is 1.63. The van der Waals surface area contributed by atoms with E-state index in [1.165, 1.54) is 30.2 Å². The SMILES string of the molecule is CCCCc1ccc(N2CSC3=C(C#N)[C@H](c4cc(OC)c(OC)cc4OC)CC(=O)N3C2)cc1. The first-order valence-electron chi connectivity index (χ1n) is 11.8. The number of carbonyl (C=O) groups is 1. The zero-order valence-electron chi connectivity index (χ0n) is 20.7. The Hall–Kier alpha value is -3.31. The van der Waals surface area contributed by atoms with E-state index in [1.54, 1.807) is 32.3 Å². The smallest absolute Gasteiger partial charge is 0.229 e. The Labute approximate surface area is 211 Å². The van der Waals surface area contributed by atoms with Crippen molar-refractivity contribution in [3.63, 3.8) is 0 Å². The van der Waals surface area contributed by atoms with E-state index in [0.717, 1.165) is 22.7 Å². The van der Waals surface area contributed by atoms with Gasteiger partial charge in [-0.2, -0.15) is 5.26 Å². The minimum Gasteiger partial charge on any atom is -0.496 e. The second kappa shape index (κ2) is 11.0. The van der Waals surface area contributed by atoms with Gasteiger partial charge in [-0.05, 0) is 36.6 Å². The van der Waals surface area contributed by atoms with E-state index < -0.39 is 5.92 Å². The van der Waals surface area contributed by atoms with E-state index in [1.807, 2.05) is 6.07 Å². The molecule has 0 unspecified atom stereocenters. The number of anilines is 1. The van der Waals surface area contributed by atoms with Crippen LogP contribution in [0.2, 0.25) is 0 Å². The first kappa shape index (κ1) is 24.8. The molecule has 1 fully saturated rings. The average molecular weight is 494 g/mol. The Kier molecular flexibility index (Phi) is 7.76. The minimum atomic E-state index is -0.412. The third-order valence-corrected chi connectivity index (χ3v) is 7.68. The monoisotopic (exact) mass is 493 g/mol. The number of aryl methyl sites for hydroxylation is 1. The van der Waals surface area contributed by atoms with Crippen LogP contribution in [-0.4, -0.2) is 44.7 Å². The van der Waals surface area contributed by atoms with Crippen molar-refractivity contribution in [2.24, 2.45) is 0 Å². The largest absolute Gasteiger partial charge is 0.496 e. The fourth-order valence-corrected chi connectivity index (χ4v) is 5.74. The summed E-state index contributed by atoms with van der Waals surface area (Å²) in [5.74, 6) is 1.86. The Morgan fingerprint density at radius 1 is 1.06 bits per heavy atom. The molecule has 1 amide bonds. The summed E-state index contributed by atoms with van der Waals surface area (Å²) in [5, 5.41) is 10.9. The van der Waals surface area contributed by atoms with Crippen molar-refractivity contribution in [3.05, 3.63) is 58.1 Å². The molecule has 1 saturated heterocycles. The van der Waals surface area contributed by atoms with E-state index >= 15 is 0 Å². The van der Waals surface area contributed by atoms with Crippen molar-refractivity contribution in [1.29, 1.82) is 5.26 Å². The number of rotatable bonds is 8. The Morgan fingerprint density at radius 2 is 1.74 bits per heavy atom. The number of benzene rings is 2. The van der Waals surface area contributed by atoms with Crippen LogP contribution in [0.3, 0.4) is 0 Å². The summed E-state index contributed by atoms with van der Waals surface area (Å²) in [6.45, 7) is 2.62. The maximum absolute atomic E-state index is 13.3. The standard InChI is InChI=1S/C27H31N3O4S/c1-5-6-7-18-8-10-19(11-9-18)29-16-30-26(31)13-20(22(15-28)27(30)35-17-29)21-12-24(33-3)25(34-4)14-23(21)32-2/h8-12,14,20H,5-7,13,16-17H2,1-4H3/t20-/m0/s1. The van der Waals surface area contributed by atoms with Crippen molar-refractivity contribution in [2.75, 3.05) is 38.8 Å². The quantitative estimate of drug-likeness (QED) is 0.496. The molecule has 8 heteroatoms. The lowest BCUT2D eigenvalue weighted by atomic mass is 9.85. The normalized spacial score (nSPS) is 17.7. The zero-order chi connectivity index (χ0) is 24.9. The molecule has 0 aromatic heterocycles. The Morgan fingerprint density at radius 3 is 2.37 bits per heavy atom. The number of hydrogen-bond donors (Lipinski definition) is 0. The van der Waals surface area contributed by atoms with Crippen LogP contribution < -0.4 is 19.1 Å². The highest BCUT2D eigenvalue weighted by Crippen LogP contribution is 2.47. The number of amides is 1. The summed E-state index contributed by atoms with van der Waals surface area (Å²) >= 11 is 1.53. The van der Waals surface area contributed by atoms with Crippen LogP contribution in [0, 0.1) is 11.3 Å². The lowest BCUT2D eigenvalue weighted by Gasteiger charge is -2.42. The van der Waals surface area contributed by atoms with E-state index in [0.29, 0.717) is 35.4 Å². The molecule has 0 saturated carbocycles. The molecular weight excluding hydrogens is 462 g/mol. The molecule has 7 nitrogen and oxygen atoms in total. The van der Waals surface area contributed by atoms with Crippen molar-refractivity contribution in [3.8, 4) is 23.3 Å². The maximum atomic E-state index is 13.3. The number of fused-ring (bicyclic) bond motifs is 1. The van der Waals surface area contributed by atoms with Crippen LogP contribution >= 0.6 is 11.8 Å². The van der Waals surface area contributed by atoms with Gasteiger partial charge >= 0.3 is 0 Å². The number of methoxy groups -OCH3 is 3. The molecule has 35 heavy (non-hydrogen) atoms. The van der Waals surface area contributed by atoms with Gasteiger partial charge in [0, 0.05) is 29.7 Å². The van der Waals surface area contributed by atoms with Crippen molar-refractivity contribution in [2.45, 2.75) is 38.5 Å². The van der Waals surface area contributed by atoms with E-state index in [4.69, 9.17) is 14.2 Å². The number of unbranched alkanes of at least 4 members (excludes halogenated alkanes) is 1. The van der Waals surface area contributed by atoms with Crippen LogP contribution in [0.15, 0.2) is 47.0 Å². The van der Waals surface area contributed by atoms with Gasteiger partial charge < -0.3 is 19.1 Å². The lowest BCUT2D eigenvalue weighted by molar-refractivity contribution is -0.129. The molecule has 0 radical (unpaired) electrons. The molecule has 0 N–H and O–H groups in total. The molecule has 1 atom stereocenters. The average Bonchev–Trinajstić information content (AvgIpc) is 2.91. The van der Waals surface area contributed by atoms with Gasteiger partial charge in [-0.15, -0.1) is 0 Å². The summed E-state index contributed by atoms with van der Waals surface area (Å²) < 4.78 is 16.5. The summed E-state index contributed by atoms with van der Waals surface area (Å²) in [7, 11) is 4.69. The van der Waals surface area contributed by atoms with Gasteiger partial charge in [-0.3, -0.25) is 9.69 Å². The van der Waals surface area contributed by atoms with Crippen LogP contribution in [0.25, 0.3) is 0 Å². The van der Waals surface area contributed by atoms with Crippen molar-refractivity contribution in [1.82, 2.24) is 4.90 Å². The molecule has 0 aliphatic carbocycles. The first-order valence-corrected chi connectivity index (χ1v) is 12.7. The summed E-state index contributed by atoms with van der Waals surface area (Å²) in [4.78, 5) is 17.3. The maximum Gasteiger partial charge on any atom is 0.229 e. The highest BCUT2D eigenvalue weighted by molar-refractivity contribution is 8.03. The minimum absolute atomic E-state index is 0.0161. The highest BCUT2D eigenvalue weighted by Gasteiger charge is 2.39. The molecule has 0 bridgehead atoms. The molecule has 2 aromatic rings. The second-order valence-electron chi connectivity index (χ2n) is 8.58. The molecule has 184 valence electrons. The van der Waals surface area contributed by atoms with Gasteiger partial charge in [-0.25, -0.2) is 0 Å². The summed E-state index contributed by atoms with van der Waals surface area (Å²) in [6, 6.07) is 14.5. The molecular formula is C27H31N3O4S. The second-order valence-corrected chi connectivity index (χ2v) is 9.52. The molecule has 4 rings (SSSR count). The number of allylic oxidation sites excluding steroid dienone is 1. The molecule has 2 aromatic carbocycles. The number of hydrogen-bond acceptors (Lipinski definition) is 7. The van der Waals surface area contributed by atoms with Crippen molar-refractivity contribution >= 4 is 23.4 Å². The number of carbonyl (C=O) groups excluding carboxylic acids is 1. The summed E-state index contributed by atoms with van der Waals surface area (Å²) in [5.41, 5.74) is 3.72. The van der Waals surface area contributed by atoms with Crippen LogP contribution in [-0.2, 0) is 11.2 Å². The molecule has 2 aliphatic rings. The van der Waals surface area contributed by atoms with Gasteiger partial charge in [0.2, 0.25) is 5.91 Å². The number of thioether (sulfide) groups is 1. The van der Waals surface area contributed by atoms with Crippen molar-refractivity contribution < 1.29 is 19.0 Å². The predicted octanol–water partition coefficient (Wildman–Crippen LogP) is 5.27. The van der Waals surface area contributed by atoms with E-state index in [2.05, 4.69) is 42.2 Å². The van der Waals surface area contributed by atoms with Gasteiger partial charge in [-0.1, -0.05) is 37.2 Å². The van der Waals surface area contributed by atoms with Crippen LogP contribution in [0.5, 0.6) is 17.2 Å². The fourth-order valence-electron chi connectivity index (χ4n) is 4.57. The predicted molar refractivity (Wildman–Crippen MR) is 138 cm³/mol. The molecule has 0 spiro atoms. The number of ether oxygens (including phenoxy) is 3. The third kappa shape index (κ3) is 4.92. The lowest BCUT2D eigenvalue weighted by Crippen LogP contribution is -2.47. The van der Waals surface area contributed by atoms with Gasteiger partial charge in [0.05, 0.1) is 50.5 Å². The van der Waals surface area contributed by atoms with Gasteiger partial charge in [0.1, 0.15) is 5.75 Å². The van der Waals surface area contributed by atoms with E-state index in [9.17, 15) is 10.1 Å². The van der Waals surface area contributed by atoms with Crippen LogP contribution in [0.1, 0.15) is 43.2 Å². The topological polar surface area (TPSA) is 75.0 Å². The molecule has 2 heterocycles. The fraction of sp³-hybridized carbons (Fsp3) is 0.407. The Bertz CT molecular complexity index is 1160. The van der Waals surface area contributed by atoms with Crippen LogP contribution in [0.4, 0.5) is 5.69 Å². The van der Waals surface area contributed by atoms with Gasteiger partial charge in [0.25, 0.3) is 0 Å². The zero-order valence-corrected chi connectivity index (χ0v) is 21.5. The number of nitrogens with zero attached hydrogens (tertiary/aromatic N) is 3. The van der Waals surface area contributed by atoms with Gasteiger partial charge in [0.15, 0.2) is 11.5 Å². The number of nitriles is 1. The van der Waals surface area contributed by atoms with E-state index in [-0.39, 0.29) is 12.3 Å². The first-order chi connectivity index (χ1) is 17.0. The molecule has 2 aliphatic heterocycles. The summed E-state index contributed by atoms with van der Waals surface area (Å²) in [6.07, 6.45) is 3.62.